The second-order valence-electron chi connectivity index (χ2n) is 4.52. The third-order valence-corrected chi connectivity index (χ3v) is 2.81. The van der Waals surface area contributed by atoms with Crippen LogP contribution in [-0.4, -0.2) is 30.7 Å². The van der Waals surface area contributed by atoms with Gasteiger partial charge in [0.25, 0.3) is 0 Å². The Morgan fingerprint density at radius 2 is 1.52 bits per heavy atom. The van der Waals surface area contributed by atoms with E-state index in [-0.39, 0.29) is 19.1 Å². The summed E-state index contributed by atoms with van der Waals surface area (Å²) in [4.78, 5) is 11.6. The van der Waals surface area contributed by atoms with Crippen molar-refractivity contribution in [3.8, 4) is 0 Å². The van der Waals surface area contributed by atoms with Gasteiger partial charge in [-0.2, -0.15) is 0 Å². The molecule has 0 aliphatic carbocycles. The number of anilines is 3. The molecule has 1 amide bonds. The molecule has 0 atom stereocenters. The topological polar surface area (TPSA) is 73.4 Å². The van der Waals surface area contributed by atoms with Crippen molar-refractivity contribution in [2.75, 3.05) is 30.3 Å². The number of hydrogen-bond acceptors (Lipinski definition) is 4. The van der Waals surface area contributed by atoms with Crippen LogP contribution in [0.5, 0.6) is 0 Å². The van der Waals surface area contributed by atoms with Crippen LogP contribution >= 0.6 is 0 Å². The van der Waals surface area contributed by atoms with Crippen molar-refractivity contribution in [2.45, 2.75) is 0 Å². The van der Waals surface area contributed by atoms with Gasteiger partial charge in [0.1, 0.15) is 0 Å². The molecule has 0 fully saturated rings. The lowest BCUT2D eigenvalue weighted by Gasteiger charge is -2.09. The Morgan fingerprint density at radius 3 is 2.19 bits per heavy atom. The molecule has 0 aliphatic rings. The van der Waals surface area contributed by atoms with Gasteiger partial charge in [0.05, 0.1) is 13.2 Å². The largest absolute Gasteiger partial charge is 0.395 e. The number of carbonyl (C=O) groups excluding carboxylic acids is 1. The van der Waals surface area contributed by atoms with Gasteiger partial charge in [0.2, 0.25) is 5.91 Å². The first-order valence-corrected chi connectivity index (χ1v) is 6.81. The summed E-state index contributed by atoms with van der Waals surface area (Å²) in [5.74, 6) is -0.132. The Morgan fingerprint density at radius 1 is 0.905 bits per heavy atom. The van der Waals surface area contributed by atoms with Crippen molar-refractivity contribution >= 4 is 23.0 Å². The molecule has 2 aromatic carbocycles. The Bertz CT molecular complexity index is 555. The minimum absolute atomic E-state index is 0.0210. The van der Waals surface area contributed by atoms with Gasteiger partial charge in [0.15, 0.2) is 0 Å². The zero-order chi connectivity index (χ0) is 14.9. The first kappa shape index (κ1) is 15.0. The van der Waals surface area contributed by atoms with E-state index in [1.165, 1.54) is 0 Å². The highest BCUT2D eigenvalue weighted by Crippen LogP contribution is 2.18. The maximum atomic E-state index is 11.6. The molecule has 0 saturated heterocycles. The van der Waals surface area contributed by atoms with Crippen LogP contribution in [0, 0.1) is 0 Å². The van der Waals surface area contributed by atoms with Crippen LogP contribution in [-0.2, 0) is 4.79 Å². The van der Waals surface area contributed by atoms with Gasteiger partial charge in [0, 0.05) is 23.6 Å². The normalized spacial score (nSPS) is 10.1. The van der Waals surface area contributed by atoms with Crippen LogP contribution in [0.25, 0.3) is 0 Å². The summed E-state index contributed by atoms with van der Waals surface area (Å²) in [5, 5.41) is 17.5. The van der Waals surface area contributed by atoms with Crippen molar-refractivity contribution in [3.63, 3.8) is 0 Å². The monoisotopic (exact) mass is 285 g/mol. The second-order valence-corrected chi connectivity index (χ2v) is 4.52. The van der Waals surface area contributed by atoms with Gasteiger partial charge in [-0.3, -0.25) is 4.79 Å². The number of amides is 1. The summed E-state index contributed by atoms with van der Waals surface area (Å²) in [6.45, 7) is 0.616. The highest BCUT2D eigenvalue weighted by Gasteiger charge is 2.01. The van der Waals surface area contributed by atoms with Crippen LogP contribution in [0.1, 0.15) is 0 Å². The molecule has 4 N–H and O–H groups in total. The third-order valence-electron chi connectivity index (χ3n) is 2.81. The molecule has 0 aliphatic heterocycles. The number of nitrogens with one attached hydrogen (secondary N) is 3. The molecular formula is C16H19N3O2. The molecule has 21 heavy (non-hydrogen) atoms. The zero-order valence-electron chi connectivity index (χ0n) is 11.7. The molecule has 0 radical (unpaired) electrons. The van der Waals surface area contributed by atoms with Crippen LogP contribution in [0.15, 0.2) is 54.6 Å². The Labute approximate surface area is 124 Å². The fraction of sp³-hybridized carbons (Fsp3) is 0.188. The number of carbonyl (C=O) groups is 1. The second kappa shape index (κ2) is 8.04. The summed E-state index contributed by atoms with van der Waals surface area (Å²) in [6.07, 6.45) is 0. The molecule has 0 saturated carbocycles. The van der Waals surface area contributed by atoms with Crippen molar-refractivity contribution in [1.29, 1.82) is 0 Å². The lowest BCUT2D eigenvalue weighted by Crippen LogP contribution is -2.29. The molecule has 2 aromatic rings. The van der Waals surface area contributed by atoms with E-state index < -0.39 is 0 Å². The van der Waals surface area contributed by atoms with Crippen molar-refractivity contribution in [1.82, 2.24) is 5.32 Å². The van der Waals surface area contributed by atoms with E-state index in [1.54, 1.807) is 0 Å². The van der Waals surface area contributed by atoms with Crippen LogP contribution in [0.2, 0.25) is 0 Å². The van der Waals surface area contributed by atoms with E-state index in [4.69, 9.17) is 5.11 Å². The SMILES string of the molecule is O=C(CNCCO)Nc1ccc(Nc2ccccc2)cc1. The predicted octanol–water partition coefficient (Wildman–Crippen LogP) is 1.95. The number of benzene rings is 2. The molecule has 110 valence electrons. The molecular weight excluding hydrogens is 266 g/mol. The molecule has 2 rings (SSSR count). The molecule has 0 heterocycles. The summed E-state index contributed by atoms with van der Waals surface area (Å²) >= 11 is 0. The van der Waals surface area contributed by atoms with Gasteiger partial charge in [-0.05, 0) is 36.4 Å². The fourth-order valence-corrected chi connectivity index (χ4v) is 1.81. The Hall–Kier alpha value is -2.37. The summed E-state index contributed by atoms with van der Waals surface area (Å²) in [7, 11) is 0. The molecule has 0 bridgehead atoms. The zero-order valence-corrected chi connectivity index (χ0v) is 11.7. The average Bonchev–Trinajstić information content (AvgIpc) is 2.51. The van der Waals surface area contributed by atoms with Crippen molar-refractivity contribution in [3.05, 3.63) is 54.6 Å². The lowest BCUT2D eigenvalue weighted by molar-refractivity contribution is -0.115. The summed E-state index contributed by atoms with van der Waals surface area (Å²) in [5.41, 5.74) is 2.71. The number of para-hydroxylation sites is 1. The molecule has 5 nitrogen and oxygen atoms in total. The van der Waals surface area contributed by atoms with Gasteiger partial charge >= 0.3 is 0 Å². The van der Waals surface area contributed by atoms with E-state index >= 15 is 0 Å². The van der Waals surface area contributed by atoms with Gasteiger partial charge in [-0.25, -0.2) is 0 Å². The van der Waals surface area contributed by atoms with Crippen LogP contribution < -0.4 is 16.0 Å². The molecule has 0 unspecified atom stereocenters. The maximum Gasteiger partial charge on any atom is 0.238 e. The number of rotatable bonds is 7. The standard InChI is InChI=1S/C16H19N3O2/c20-11-10-17-12-16(21)19-15-8-6-14(7-9-15)18-13-4-2-1-3-5-13/h1-9,17-18,20H,10-12H2,(H,19,21). The van der Waals surface area contributed by atoms with Gasteiger partial charge in [-0.1, -0.05) is 18.2 Å². The summed E-state index contributed by atoms with van der Waals surface area (Å²) < 4.78 is 0. The first-order chi connectivity index (χ1) is 10.3. The summed E-state index contributed by atoms with van der Waals surface area (Å²) in [6, 6.07) is 17.4. The maximum absolute atomic E-state index is 11.6. The Kier molecular flexibility index (Phi) is 5.75. The molecule has 5 heteroatoms. The average molecular weight is 285 g/mol. The molecule has 0 aromatic heterocycles. The smallest absolute Gasteiger partial charge is 0.238 e. The predicted molar refractivity (Wildman–Crippen MR) is 84.8 cm³/mol. The van der Waals surface area contributed by atoms with Crippen LogP contribution in [0.3, 0.4) is 0 Å². The number of aliphatic hydroxyl groups excluding tert-OH is 1. The highest BCUT2D eigenvalue weighted by molar-refractivity contribution is 5.92. The van der Waals surface area contributed by atoms with Gasteiger partial charge < -0.3 is 21.1 Å². The first-order valence-electron chi connectivity index (χ1n) is 6.81. The molecule has 0 spiro atoms. The minimum atomic E-state index is -0.132. The van der Waals surface area contributed by atoms with Crippen molar-refractivity contribution < 1.29 is 9.90 Å². The van der Waals surface area contributed by atoms with E-state index in [9.17, 15) is 4.79 Å². The van der Waals surface area contributed by atoms with E-state index in [0.717, 1.165) is 17.1 Å². The van der Waals surface area contributed by atoms with Crippen LogP contribution in [0.4, 0.5) is 17.1 Å². The Balaban J connectivity index is 1.85. The fourth-order valence-electron chi connectivity index (χ4n) is 1.81. The quantitative estimate of drug-likeness (QED) is 0.587. The van der Waals surface area contributed by atoms with Crippen molar-refractivity contribution in [2.24, 2.45) is 0 Å². The van der Waals surface area contributed by atoms with E-state index in [0.29, 0.717) is 6.54 Å². The number of aliphatic hydroxyl groups is 1. The van der Waals surface area contributed by atoms with E-state index in [2.05, 4.69) is 16.0 Å². The lowest BCUT2D eigenvalue weighted by atomic mass is 10.2. The minimum Gasteiger partial charge on any atom is -0.395 e. The number of hydrogen-bond donors (Lipinski definition) is 4. The third kappa shape index (κ3) is 5.25. The van der Waals surface area contributed by atoms with E-state index in [1.807, 2.05) is 54.6 Å². The van der Waals surface area contributed by atoms with Gasteiger partial charge in [-0.15, -0.1) is 0 Å². The highest BCUT2D eigenvalue weighted by atomic mass is 16.3.